The summed E-state index contributed by atoms with van der Waals surface area (Å²) in [4.78, 5) is 4.32. The van der Waals surface area contributed by atoms with E-state index in [1.165, 1.54) is 0 Å². The molecule has 92 valence electrons. The molecule has 1 atom stereocenters. The maximum absolute atomic E-state index is 5.80. The van der Waals surface area contributed by atoms with Crippen molar-refractivity contribution in [1.29, 1.82) is 0 Å². The summed E-state index contributed by atoms with van der Waals surface area (Å²) in [6.07, 6.45) is 5.87. The molecule has 0 radical (unpaired) electrons. The summed E-state index contributed by atoms with van der Waals surface area (Å²) < 4.78 is 7.18. The fraction of sp³-hybridized carbons (Fsp3) is 0.500. The van der Waals surface area contributed by atoms with E-state index in [1.807, 2.05) is 30.0 Å². The van der Waals surface area contributed by atoms with Gasteiger partial charge in [-0.15, -0.1) is 0 Å². The predicted octanol–water partition coefficient (Wildman–Crippen LogP) is 1.89. The number of rotatable bonds is 5. The van der Waals surface area contributed by atoms with Crippen molar-refractivity contribution in [3.05, 3.63) is 35.7 Å². The minimum Gasteiger partial charge on any atom is -0.345 e. The summed E-state index contributed by atoms with van der Waals surface area (Å²) in [6, 6.07) is 2.06. The molecular formula is C12H18N4O. The third kappa shape index (κ3) is 2.94. The zero-order chi connectivity index (χ0) is 12.3. The number of hydrogen-bond acceptors (Lipinski definition) is 4. The van der Waals surface area contributed by atoms with Crippen molar-refractivity contribution in [3.8, 4) is 0 Å². The molecule has 1 unspecified atom stereocenters. The molecule has 0 aliphatic rings. The molecule has 2 N–H and O–H groups in total. The molecule has 5 nitrogen and oxygen atoms in total. The lowest BCUT2D eigenvalue weighted by atomic mass is 10.2. The normalized spacial score (nSPS) is 12.9. The summed E-state index contributed by atoms with van der Waals surface area (Å²) >= 11 is 0. The Hall–Kier alpha value is -1.62. The lowest BCUT2D eigenvalue weighted by molar-refractivity contribution is 0.366. The summed E-state index contributed by atoms with van der Waals surface area (Å²) in [5.74, 6) is 1.42. The number of aromatic nitrogens is 3. The second kappa shape index (κ2) is 5.14. The van der Waals surface area contributed by atoms with Gasteiger partial charge in [-0.3, -0.25) is 0 Å². The molecule has 0 saturated carbocycles. The smallest absolute Gasteiger partial charge is 0.246 e. The van der Waals surface area contributed by atoms with E-state index in [9.17, 15) is 0 Å². The predicted molar refractivity (Wildman–Crippen MR) is 64.4 cm³/mol. The molecular weight excluding hydrogens is 216 g/mol. The van der Waals surface area contributed by atoms with Crippen LogP contribution in [-0.2, 0) is 13.0 Å². The number of nitrogens with zero attached hydrogens (tertiary/aromatic N) is 3. The highest BCUT2D eigenvalue weighted by Crippen LogP contribution is 2.11. The Morgan fingerprint density at radius 1 is 1.53 bits per heavy atom. The molecule has 17 heavy (non-hydrogen) atoms. The van der Waals surface area contributed by atoms with Crippen LogP contribution in [-0.4, -0.2) is 14.7 Å². The molecule has 2 aromatic rings. The number of hydrogen-bond donors (Lipinski definition) is 1. The van der Waals surface area contributed by atoms with Gasteiger partial charge in [0.25, 0.3) is 0 Å². The van der Waals surface area contributed by atoms with Crippen LogP contribution in [0, 0.1) is 0 Å². The van der Waals surface area contributed by atoms with E-state index in [0.717, 1.165) is 24.2 Å². The Labute approximate surface area is 101 Å². The Balaban J connectivity index is 2.03. The van der Waals surface area contributed by atoms with Gasteiger partial charge in [0.05, 0.1) is 0 Å². The number of aryl methyl sites for hydroxylation is 1. The Morgan fingerprint density at radius 3 is 3.00 bits per heavy atom. The molecule has 0 aromatic carbocycles. The zero-order valence-corrected chi connectivity index (χ0v) is 10.3. The first-order valence-electron chi connectivity index (χ1n) is 5.91. The van der Waals surface area contributed by atoms with Crippen LogP contribution in [0.2, 0.25) is 0 Å². The highest BCUT2D eigenvalue weighted by Gasteiger charge is 2.07. The molecule has 2 aromatic heterocycles. The molecule has 0 bridgehead atoms. The van der Waals surface area contributed by atoms with Crippen molar-refractivity contribution in [3.63, 3.8) is 0 Å². The molecule has 2 heterocycles. The van der Waals surface area contributed by atoms with E-state index in [1.54, 1.807) is 0 Å². The van der Waals surface area contributed by atoms with Gasteiger partial charge in [0.1, 0.15) is 6.54 Å². The topological polar surface area (TPSA) is 69.9 Å². The van der Waals surface area contributed by atoms with Gasteiger partial charge in [0.2, 0.25) is 5.89 Å². The van der Waals surface area contributed by atoms with Gasteiger partial charge >= 0.3 is 0 Å². The maximum atomic E-state index is 5.80. The van der Waals surface area contributed by atoms with Crippen molar-refractivity contribution < 1.29 is 4.52 Å². The first-order chi connectivity index (χ1) is 8.19. The molecule has 0 aliphatic carbocycles. The van der Waals surface area contributed by atoms with Gasteiger partial charge in [-0.2, -0.15) is 4.98 Å². The minimum absolute atomic E-state index is 0.0505. The SMILES string of the molecule is CCCc1noc(Cn2ccc(C(C)N)c2)n1. The summed E-state index contributed by atoms with van der Waals surface area (Å²) in [5, 5.41) is 3.92. The second-order valence-electron chi connectivity index (χ2n) is 4.26. The van der Waals surface area contributed by atoms with E-state index in [4.69, 9.17) is 10.3 Å². The largest absolute Gasteiger partial charge is 0.345 e. The van der Waals surface area contributed by atoms with E-state index in [2.05, 4.69) is 17.1 Å². The molecule has 0 fully saturated rings. The Bertz CT molecular complexity index is 472. The van der Waals surface area contributed by atoms with Crippen LogP contribution in [0.3, 0.4) is 0 Å². The van der Waals surface area contributed by atoms with Gasteiger partial charge in [0, 0.05) is 24.9 Å². The minimum atomic E-state index is 0.0505. The monoisotopic (exact) mass is 234 g/mol. The zero-order valence-electron chi connectivity index (χ0n) is 10.3. The standard InChI is InChI=1S/C12H18N4O/c1-3-4-11-14-12(17-15-11)8-16-6-5-10(7-16)9(2)13/h5-7,9H,3-4,8,13H2,1-2H3. The summed E-state index contributed by atoms with van der Waals surface area (Å²) in [7, 11) is 0. The molecule has 0 saturated heterocycles. The van der Waals surface area contributed by atoms with Crippen LogP contribution in [0.1, 0.15) is 43.6 Å². The maximum Gasteiger partial charge on any atom is 0.246 e. The average molecular weight is 234 g/mol. The Morgan fingerprint density at radius 2 is 2.35 bits per heavy atom. The van der Waals surface area contributed by atoms with Gasteiger partial charge in [-0.05, 0) is 25.0 Å². The van der Waals surface area contributed by atoms with Crippen LogP contribution in [0.5, 0.6) is 0 Å². The third-order valence-electron chi connectivity index (χ3n) is 2.60. The molecule has 0 amide bonds. The van der Waals surface area contributed by atoms with E-state index >= 15 is 0 Å². The molecule has 5 heteroatoms. The highest BCUT2D eigenvalue weighted by atomic mass is 16.5. The molecule has 0 aliphatic heterocycles. The van der Waals surface area contributed by atoms with Crippen LogP contribution in [0.25, 0.3) is 0 Å². The quantitative estimate of drug-likeness (QED) is 0.857. The Kier molecular flexibility index (Phi) is 3.58. The van der Waals surface area contributed by atoms with Crippen LogP contribution < -0.4 is 5.73 Å². The summed E-state index contributed by atoms with van der Waals surface area (Å²) in [6.45, 7) is 4.66. The van der Waals surface area contributed by atoms with Crippen molar-refractivity contribution in [2.75, 3.05) is 0 Å². The lowest BCUT2D eigenvalue weighted by Gasteiger charge is -2.00. The highest BCUT2D eigenvalue weighted by molar-refractivity contribution is 5.14. The first kappa shape index (κ1) is 11.9. The first-order valence-corrected chi connectivity index (χ1v) is 5.91. The van der Waals surface area contributed by atoms with Gasteiger partial charge in [-0.25, -0.2) is 0 Å². The average Bonchev–Trinajstić information content (AvgIpc) is 2.89. The summed E-state index contributed by atoms with van der Waals surface area (Å²) in [5.41, 5.74) is 6.91. The van der Waals surface area contributed by atoms with Gasteiger partial charge < -0.3 is 14.8 Å². The molecule has 0 spiro atoms. The van der Waals surface area contributed by atoms with Gasteiger partial charge in [0.15, 0.2) is 5.82 Å². The van der Waals surface area contributed by atoms with Gasteiger partial charge in [-0.1, -0.05) is 12.1 Å². The van der Waals surface area contributed by atoms with Crippen molar-refractivity contribution >= 4 is 0 Å². The lowest BCUT2D eigenvalue weighted by Crippen LogP contribution is -2.04. The third-order valence-corrected chi connectivity index (χ3v) is 2.60. The molecule has 2 rings (SSSR count). The van der Waals surface area contributed by atoms with Crippen molar-refractivity contribution in [2.24, 2.45) is 5.73 Å². The van der Waals surface area contributed by atoms with Crippen LogP contribution in [0.15, 0.2) is 23.0 Å². The van der Waals surface area contributed by atoms with E-state index < -0.39 is 0 Å². The van der Waals surface area contributed by atoms with E-state index in [0.29, 0.717) is 12.4 Å². The number of nitrogens with two attached hydrogens (primary N) is 1. The second-order valence-corrected chi connectivity index (χ2v) is 4.26. The van der Waals surface area contributed by atoms with Crippen molar-refractivity contribution in [1.82, 2.24) is 14.7 Å². The van der Waals surface area contributed by atoms with Crippen LogP contribution in [0.4, 0.5) is 0 Å². The van der Waals surface area contributed by atoms with Crippen molar-refractivity contribution in [2.45, 2.75) is 39.3 Å². The van der Waals surface area contributed by atoms with Crippen LogP contribution >= 0.6 is 0 Å². The fourth-order valence-corrected chi connectivity index (χ4v) is 1.66. The van der Waals surface area contributed by atoms with E-state index in [-0.39, 0.29) is 6.04 Å². The fourth-order valence-electron chi connectivity index (χ4n) is 1.66.